The van der Waals surface area contributed by atoms with E-state index in [9.17, 15) is 19.2 Å². The summed E-state index contributed by atoms with van der Waals surface area (Å²) in [5, 5.41) is 2.14. The number of carbonyl (C=O) groups is 4. The van der Waals surface area contributed by atoms with Crippen LogP contribution < -0.4 is 5.32 Å². The van der Waals surface area contributed by atoms with Crippen molar-refractivity contribution in [2.24, 2.45) is 0 Å². The summed E-state index contributed by atoms with van der Waals surface area (Å²) < 4.78 is 0.979. The predicted molar refractivity (Wildman–Crippen MR) is 60.5 cm³/mol. The summed E-state index contributed by atoms with van der Waals surface area (Å²) in [6, 6.07) is 0. The van der Waals surface area contributed by atoms with E-state index in [-0.39, 0.29) is 34.9 Å². The monoisotopic (exact) mass is 354 g/mol. The first-order valence-electron chi connectivity index (χ1n) is 4.41. The lowest BCUT2D eigenvalue weighted by atomic mass is 10.4. The van der Waals surface area contributed by atoms with Crippen molar-refractivity contribution in [3.63, 3.8) is 0 Å². The normalized spacial score (nSPS) is 24.4. The van der Waals surface area contributed by atoms with Crippen molar-refractivity contribution in [2.75, 3.05) is 0 Å². The van der Waals surface area contributed by atoms with Crippen molar-refractivity contribution in [1.29, 1.82) is 0 Å². The minimum absolute atomic E-state index is 0.144. The predicted octanol–water partition coefficient (Wildman–Crippen LogP) is 0.242. The van der Waals surface area contributed by atoms with Crippen LogP contribution in [0.1, 0.15) is 19.3 Å². The van der Waals surface area contributed by atoms with Gasteiger partial charge in [0.1, 0.15) is 4.83 Å². The number of alkyl halides is 1. The Morgan fingerprint density at radius 2 is 1.62 bits per heavy atom. The van der Waals surface area contributed by atoms with Crippen LogP contribution in [0.2, 0.25) is 0 Å². The number of hydrogen-bond donors (Lipinski definition) is 1. The first-order valence-corrected chi connectivity index (χ1v) is 6.03. The molecule has 0 saturated carbocycles. The molecule has 2 aliphatic heterocycles. The Kier molecular flexibility index (Phi) is 4.60. The maximum absolute atomic E-state index is 10.4. The second-order valence-electron chi connectivity index (χ2n) is 3.15. The third-order valence-corrected chi connectivity index (χ3v) is 3.43. The van der Waals surface area contributed by atoms with Crippen molar-refractivity contribution in [3.8, 4) is 0 Å². The average molecular weight is 356 g/mol. The van der Waals surface area contributed by atoms with Gasteiger partial charge in [-0.1, -0.05) is 15.9 Å². The maximum atomic E-state index is 10.4. The number of carbonyl (C=O) groups excluding carboxylic acids is 4. The second kappa shape index (κ2) is 5.53. The van der Waals surface area contributed by atoms with Crippen LogP contribution in [0.15, 0.2) is 0 Å². The molecular formula is C8H8Br2N2O4. The van der Waals surface area contributed by atoms with Gasteiger partial charge in [-0.05, 0) is 0 Å². The number of amides is 4. The molecule has 0 aromatic heterocycles. The van der Waals surface area contributed by atoms with Gasteiger partial charge in [-0.3, -0.25) is 24.5 Å². The fourth-order valence-corrected chi connectivity index (χ4v) is 1.83. The van der Waals surface area contributed by atoms with Crippen LogP contribution in [-0.2, 0) is 19.2 Å². The molecule has 0 bridgehead atoms. The van der Waals surface area contributed by atoms with Crippen molar-refractivity contribution >= 4 is 55.7 Å². The highest BCUT2D eigenvalue weighted by Gasteiger charge is 2.27. The molecule has 0 aromatic carbocycles. The number of hydrogen-bond acceptors (Lipinski definition) is 4. The maximum Gasteiger partial charge on any atom is 0.240 e. The average Bonchev–Trinajstić information content (AvgIpc) is 2.65. The fourth-order valence-electron chi connectivity index (χ4n) is 1.07. The summed E-state index contributed by atoms with van der Waals surface area (Å²) in [5.74, 6) is -0.711. The van der Waals surface area contributed by atoms with E-state index in [0.29, 0.717) is 12.8 Å². The smallest absolute Gasteiger partial charge is 0.240 e. The molecule has 88 valence electrons. The van der Waals surface area contributed by atoms with Crippen molar-refractivity contribution in [1.82, 2.24) is 9.24 Å². The van der Waals surface area contributed by atoms with Gasteiger partial charge < -0.3 is 0 Å². The van der Waals surface area contributed by atoms with Crippen LogP contribution in [0.3, 0.4) is 0 Å². The molecule has 4 amide bonds. The Hall–Kier alpha value is -0.760. The second-order valence-corrected chi connectivity index (χ2v) is 4.97. The standard InChI is InChI=1S/2C4H4BrNO2/c5-6-3(7)1-2-4(6)8;5-2-1-3(7)6-4(2)8/h1-2H2;2H,1H2,(H,6,7,8). The largest absolute Gasteiger partial charge is 0.295 e. The fraction of sp³-hybridized carbons (Fsp3) is 0.500. The molecule has 6 nitrogen and oxygen atoms in total. The van der Waals surface area contributed by atoms with Crippen LogP contribution >= 0.6 is 32.1 Å². The third-order valence-electron chi connectivity index (χ3n) is 1.90. The summed E-state index contributed by atoms with van der Waals surface area (Å²) in [5.41, 5.74) is 0. The molecule has 2 fully saturated rings. The highest BCUT2D eigenvalue weighted by molar-refractivity contribution is 9.10. The van der Waals surface area contributed by atoms with Gasteiger partial charge in [0.05, 0.1) is 16.1 Å². The van der Waals surface area contributed by atoms with Gasteiger partial charge >= 0.3 is 0 Å². The molecule has 1 atom stereocenters. The molecule has 1 N–H and O–H groups in total. The number of imide groups is 2. The summed E-state index contributed by atoms with van der Waals surface area (Å²) in [6.45, 7) is 0. The first kappa shape index (κ1) is 13.3. The lowest BCUT2D eigenvalue weighted by Gasteiger charge is -1.97. The Labute approximate surface area is 108 Å². The van der Waals surface area contributed by atoms with E-state index in [1.165, 1.54) is 0 Å². The molecule has 2 heterocycles. The zero-order valence-corrected chi connectivity index (χ0v) is 11.2. The molecular weight excluding hydrogens is 348 g/mol. The van der Waals surface area contributed by atoms with Crippen LogP contribution in [0.25, 0.3) is 0 Å². The Morgan fingerprint density at radius 3 is 1.75 bits per heavy atom. The first-order chi connectivity index (χ1) is 7.41. The van der Waals surface area contributed by atoms with E-state index in [1.807, 2.05) is 0 Å². The molecule has 0 aliphatic carbocycles. The number of nitrogens with one attached hydrogen (secondary N) is 1. The minimum Gasteiger partial charge on any atom is -0.295 e. The van der Waals surface area contributed by atoms with E-state index in [1.54, 1.807) is 0 Å². The number of halogens is 2. The van der Waals surface area contributed by atoms with E-state index in [0.717, 1.165) is 3.93 Å². The van der Waals surface area contributed by atoms with Crippen LogP contribution in [0, 0.1) is 0 Å². The molecule has 2 rings (SSSR count). The summed E-state index contributed by atoms with van der Waals surface area (Å²) in [6.07, 6.45) is 0.979. The number of nitrogens with zero attached hydrogens (tertiary/aromatic N) is 1. The van der Waals surface area contributed by atoms with Gasteiger partial charge in [0.25, 0.3) is 0 Å². The Morgan fingerprint density at radius 1 is 1.12 bits per heavy atom. The van der Waals surface area contributed by atoms with Crippen molar-refractivity contribution in [2.45, 2.75) is 24.1 Å². The van der Waals surface area contributed by atoms with Gasteiger partial charge in [-0.25, -0.2) is 3.93 Å². The molecule has 0 aromatic rings. The topological polar surface area (TPSA) is 83.5 Å². The van der Waals surface area contributed by atoms with E-state index < -0.39 is 0 Å². The van der Waals surface area contributed by atoms with Crippen LogP contribution in [-0.4, -0.2) is 32.4 Å². The lowest BCUT2D eigenvalue weighted by molar-refractivity contribution is -0.131. The van der Waals surface area contributed by atoms with Crippen LogP contribution in [0.4, 0.5) is 0 Å². The molecule has 8 heteroatoms. The Bertz CT molecular complexity index is 339. The molecule has 2 saturated heterocycles. The Balaban J connectivity index is 0.000000160. The summed E-state index contributed by atoms with van der Waals surface area (Å²) >= 11 is 5.81. The molecule has 16 heavy (non-hydrogen) atoms. The third kappa shape index (κ3) is 3.38. The van der Waals surface area contributed by atoms with Gasteiger partial charge in [0.2, 0.25) is 23.6 Å². The van der Waals surface area contributed by atoms with Gasteiger partial charge in [0, 0.05) is 19.3 Å². The SMILES string of the molecule is O=C1CC(Br)C(=O)N1.O=C1CCC(=O)N1Br. The van der Waals surface area contributed by atoms with Gasteiger partial charge in [-0.15, -0.1) is 0 Å². The number of rotatable bonds is 0. The highest BCUT2D eigenvalue weighted by Crippen LogP contribution is 2.14. The van der Waals surface area contributed by atoms with Crippen molar-refractivity contribution in [3.05, 3.63) is 0 Å². The quantitative estimate of drug-likeness (QED) is 0.383. The lowest BCUT2D eigenvalue weighted by Crippen LogP contribution is -2.21. The highest BCUT2D eigenvalue weighted by atomic mass is 79.9. The minimum atomic E-state index is -0.296. The summed E-state index contributed by atoms with van der Waals surface area (Å²) in [4.78, 5) is 41.3. The van der Waals surface area contributed by atoms with E-state index in [4.69, 9.17) is 0 Å². The molecule has 0 spiro atoms. The van der Waals surface area contributed by atoms with Gasteiger partial charge in [-0.2, -0.15) is 0 Å². The molecule has 0 radical (unpaired) electrons. The van der Waals surface area contributed by atoms with Crippen LogP contribution in [0.5, 0.6) is 0 Å². The summed E-state index contributed by atoms with van der Waals surface area (Å²) in [7, 11) is 0. The zero-order valence-electron chi connectivity index (χ0n) is 8.03. The van der Waals surface area contributed by atoms with E-state index in [2.05, 4.69) is 37.4 Å². The zero-order chi connectivity index (χ0) is 12.3. The van der Waals surface area contributed by atoms with Gasteiger partial charge in [0.15, 0.2) is 0 Å². The van der Waals surface area contributed by atoms with Crippen molar-refractivity contribution < 1.29 is 19.2 Å². The van der Waals surface area contributed by atoms with E-state index >= 15 is 0 Å². The molecule has 2 aliphatic rings. The molecule has 1 unspecified atom stereocenters.